The van der Waals surface area contributed by atoms with Gasteiger partial charge in [-0.05, 0) is 30.3 Å². The van der Waals surface area contributed by atoms with Crippen molar-refractivity contribution >= 4 is 34.0 Å². The minimum Gasteiger partial charge on any atom is -0.497 e. The fourth-order valence-electron chi connectivity index (χ4n) is 2.08. The van der Waals surface area contributed by atoms with Crippen LogP contribution in [0.15, 0.2) is 58.9 Å². The summed E-state index contributed by atoms with van der Waals surface area (Å²) in [5, 5.41) is 13.4. The molecule has 24 heavy (non-hydrogen) atoms. The number of ether oxygens (including phenoxy) is 1. The molecule has 0 bridgehead atoms. The predicted molar refractivity (Wildman–Crippen MR) is 95.0 cm³/mol. The Morgan fingerprint density at radius 2 is 1.88 bits per heavy atom. The summed E-state index contributed by atoms with van der Waals surface area (Å²) in [4.78, 5) is 14.9. The van der Waals surface area contributed by atoms with Crippen molar-refractivity contribution < 1.29 is 9.66 Å². The maximum atomic E-state index is 11.0. The van der Waals surface area contributed by atoms with Crippen LogP contribution in [0, 0.1) is 10.1 Å². The zero-order valence-electron chi connectivity index (χ0n) is 12.7. The van der Waals surface area contributed by atoms with Gasteiger partial charge in [-0.3, -0.25) is 21.0 Å². The molecule has 8 heteroatoms. The molecular weight excluding hydrogens is 328 g/mol. The Kier molecular flexibility index (Phi) is 4.66. The summed E-state index contributed by atoms with van der Waals surface area (Å²) in [5.41, 5.74) is 8.13. The van der Waals surface area contributed by atoms with Gasteiger partial charge in [-0.25, -0.2) is 4.99 Å². The maximum absolute atomic E-state index is 11.0. The summed E-state index contributed by atoms with van der Waals surface area (Å²) < 4.78 is 5.14. The molecular formula is C16H14N4O3S. The first-order chi connectivity index (χ1) is 11.7. The molecule has 2 aromatic rings. The Bertz CT molecular complexity index is 818. The molecule has 7 nitrogen and oxygen atoms in total. The van der Waals surface area contributed by atoms with Gasteiger partial charge in [0.15, 0.2) is 5.17 Å². The molecule has 1 heterocycles. The SMILES string of the molecule is COc1ccc(C2=CSC(=Nc3ccccc3[N+](=O)[O-])NN2)cc1. The molecule has 0 radical (unpaired) electrons. The first-order valence-electron chi connectivity index (χ1n) is 7.03. The van der Waals surface area contributed by atoms with Gasteiger partial charge in [0.1, 0.15) is 11.4 Å². The average Bonchev–Trinajstić information content (AvgIpc) is 2.63. The van der Waals surface area contributed by atoms with Crippen molar-refractivity contribution in [3.05, 3.63) is 69.6 Å². The zero-order chi connectivity index (χ0) is 16.9. The van der Waals surface area contributed by atoms with Gasteiger partial charge in [-0.2, -0.15) is 0 Å². The number of nitrogens with zero attached hydrogens (tertiary/aromatic N) is 2. The number of rotatable bonds is 4. The number of thioether (sulfide) groups is 1. The second kappa shape index (κ2) is 7.05. The Morgan fingerprint density at radius 1 is 1.12 bits per heavy atom. The largest absolute Gasteiger partial charge is 0.497 e. The Hall–Kier alpha value is -3.00. The van der Waals surface area contributed by atoms with E-state index in [9.17, 15) is 10.1 Å². The van der Waals surface area contributed by atoms with E-state index in [1.807, 2.05) is 29.7 Å². The number of hydrogen-bond donors (Lipinski definition) is 2. The average molecular weight is 342 g/mol. The van der Waals surface area contributed by atoms with Crippen LogP contribution in [-0.2, 0) is 0 Å². The smallest absolute Gasteiger partial charge is 0.294 e. The molecule has 1 aliphatic heterocycles. The number of hydrazine groups is 1. The molecule has 2 aromatic carbocycles. The van der Waals surface area contributed by atoms with Crippen molar-refractivity contribution in [1.82, 2.24) is 10.9 Å². The van der Waals surface area contributed by atoms with Gasteiger partial charge in [0.2, 0.25) is 0 Å². The number of para-hydroxylation sites is 2. The quantitative estimate of drug-likeness (QED) is 0.654. The molecule has 0 amide bonds. The summed E-state index contributed by atoms with van der Waals surface area (Å²) in [7, 11) is 1.62. The lowest BCUT2D eigenvalue weighted by molar-refractivity contribution is -0.384. The van der Waals surface area contributed by atoms with Crippen molar-refractivity contribution in [1.29, 1.82) is 0 Å². The highest BCUT2D eigenvalue weighted by Crippen LogP contribution is 2.29. The molecule has 3 rings (SSSR count). The third-order valence-corrected chi connectivity index (χ3v) is 4.06. The number of amidine groups is 1. The third kappa shape index (κ3) is 3.49. The first kappa shape index (κ1) is 15.9. The number of benzene rings is 2. The van der Waals surface area contributed by atoms with E-state index in [4.69, 9.17) is 4.74 Å². The van der Waals surface area contributed by atoms with Crippen molar-refractivity contribution in [2.24, 2.45) is 4.99 Å². The van der Waals surface area contributed by atoms with Crippen LogP contribution in [0.5, 0.6) is 5.75 Å². The van der Waals surface area contributed by atoms with Crippen LogP contribution in [0.4, 0.5) is 11.4 Å². The van der Waals surface area contributed by atoms with Crippen LogP contribution in [0.2, 0.25) is 0 Å². The Balaban J connectivity index is 1.78. The van der Waals surface area contributed by atoms with E-state index in [1.54, 1.807) is 25.3 Å². The van der Waals surface area contributed by atoms with Gasteiger partial charge < -0.3 is 4.74 Å². The van der Waals surface area contributed by atoms with Crippen LogP contribution < -0.4 is 15.6 Å². The minimum absolute atomic E-state index is 0.0302. The van der Waals surface area contributed by atoms with Crippen molar-refractivity contribution in [3.8, 4) is 5.75 Å². The van der Waals surface area contributed by atoms with Gasteiger partial charge in [0.25, 0.3) is 5.69 Å². The third-order valence-electron chi connectivity index (χ3n) is 3.29. The number of methoxy groups -OCH3 is 1. The van der Waals surface area contributed by atoms with E-state index in [1.165, 1.54) is 17.8 Å². The molecule has 0 atom stereocenters. The molecule has 1 aliphatic rings. The van der Waals surface area contributed by atoms with Crippen LogP contribution in [-0.4, -0.2) is 17.2 Å². The number of nitrogens with one attached hydrogen (secondary N) is 2. The van der Waals surface area contributed by atoms with E-state index in [-0.39, 0.29) is 5.69 Å². The van der Waals surface area contributed by atoms with E-state index < -0.39 is 4.92 Å². The number of nitro groups is 1. The lowest BCUT2D eigenvalue weighted by Crippen LogP contribution is -2.36. The minimum atomic E-state index is -0.445. The second-order valence-electron chi connectivity index (χ2n) is 4.79. The van der Waals surface area contributed by atoms with E-state index in [2.05, 4.69) is 15.8 Å². The number of nitro benzene ring substituents is 1. The zero-order valence-corrected chi connectivity index (χ0v) is 13.5. The van der Waals surface area contributed by atoms with E-state index in [0.717, 1.165) is 17.0 Å². The van der Waals surface area contributed by atoms with Gasteiger partial charge in [-0.15, -0.1) is 0 Å². The molecule has 0 saturated carbocycles. The standard InChI is InChI=1S/C16H14N4O3S/c1-23-12-8-6-11(7-9-12)14-10-24-16(19-18-14)17-13-4-2-3-5-15(13)20(21)22/h2-10,18H,1H3,(H,17,19). The van der Waals surface area contributed by atoms with Gasteiger partial charge in [0, 0.05) is 17.0 Å². The molecule has 0 fully saturated rings. The molecule has 0 unspecified atom stereocenters. The first-order valence-corrected chi connectivity index (χ1v) is 7.91. The van der Waals surface area contributed by atoms with Crippen molar-refractivity contribution in [2.75, 3.05) is 7.11 Å². The fourth-order valence-corrected chi connectivity index (χ4v) is 2.77. The topological polar surface area (TPSA) is 88.8 Å². The van der Waals surface area contributed by atoms with E-state index >= 15 is 0 Å². The second-order valence-corrected chi connectivity index (χ2v) is 5.65. The summed E-state index contributed by atoms with van der Waals surface area (Å²) >= 11 is 1.35. The monoisotopic (exact) mass is 342 g/mol. The molecule has 0 aliphatic carbocycles. The maximum Gasteiger partial charge on any atom is 0.294 e. The molecule has 0 aromatic heterocycles. The fraction of sp³-hybridized carbons (Fsp3) is 0.0625. The van der Waals surface area contributed by atoms with Gasteiger partial charge in [-0.1, -0.05) is 23.9 Å². The van der Waals surface area contributed by atoms with Gasteiger partial charge in [0.05, 0.1) is 17.7 Å². The highest BCUT2D eigenvalue weighted by molar-refractivity contribution is 8.16. The van der Waals surface area contributed by atoms with Crippen LogP contribution in [0.3, 0.4) is 0 Å². The Morgan fingerprint density at radius 3 is 2.50 bits per heavy atom. The summed E-state index contributed by atoms with van der Waals surface area (Å²) in [6.45, 7) is 0. The molecule has 122 valence electrons. The highest BCUT2D eigenvalue weighted by atomic mass is 32.2. The van der Waals surface area contributed by atoms with E-state index in [0.29, 0.717) is 10.9 Å². The van der Waals surface area contributed by atoms with Crippen LogP contribution in [0.1, 0.15) is 5.56 Å². The lowest BCUT2D eigenvalue weighted by atomic mass is 10.2. The number of hydrogen-bond acceptors (Lipinski definition) is 6. The van der Waals surface area contributed by atoms with Crippen LogP contribution in [0.25, 0.3) is 5.70 Å². The highest BCUT2D eigenvalue weighted by Gasteiger charge is 2.15. The predicted octanol–water partition coefficient (Wildman–Crippen LogP) is 3.43. The summed E-state index contributed by atoms with van der Waals surface area (Å²) in [6, 6.07) is 14.0. The molecule has 0 spiro atoms. The summed E-state index contributed by atoms with van der Waals surface area (Å²) in [6.07, 6.45) is 0. The Labute approximate surface area is 142 Å². The van der Waals surface area contributed by atoms with Crippen molar-refractivity contribution in [2.45, 2.75) is 0 Å². The van der Waals surface area contributed by atoms with Gasteiger partial charge >= 0.3 is 0 Å². The molecule has 0 saturated heterocycles. The van der Waals surface area contributed by atoms with Crippen LogP contribution >= 0.6 is 11.8 Å². The molecule has 2 N–H and O–H groups in total. The van der Waals surface area contributed by atoms with Crippen molar-refractivity contribution in [3.63, 3.8) is 0 Å². The normalized spacial score (nSPS) is 15.2. The number of aliphatic imine (C=N–C) groups is 1. The summed E-state index contributed by atoms with van der Waals surface area (Å²) in [5.74, 6) is 0.786. The lowest BCUT2D eigenvalue weighted by Gasteiger charge is -2.19.